The van der Waals surface area contributed by atoms with Crippen LogP contribution in [0.5, 0.6) is 0 Å². The number of benzene rings is 2. The number of nitrogen functional groups attached to an aromatic ring is 1. The third-order valence-corrected chi connectivity index (χ3v) is 6.34. The van der Waals surface area contributed by atoms with E-state index < -0.39 is 0 Å². The highest BCUT2D eigenvalue weighted by Gasteiger charge is 2.18. The lowest BCUT2D eigenvalue weighted by Crippen LogP contribution is -2.40. The maximum absolute atomic E-state index is 12.7. The topological polar surface area (TPSA) is 111 Å². The van der Waals surface area contributed by atoms with Crippen LogP contribution in [0.2, 0.25) is 5.02 Å². The summed E-state index contributed by atoms with van der Waals surface area (Å²) in [7, 11) is 0. The lowest BCUT2D eigenvalue weighted by atomic mass is 10.0. The smallest absolute Gasteiger partial charge is 0.254 e. The highest BCUT2D eigenvalue weighted by molar-refractivity contribution is 6.35. The Labute approximate surface area is 218 Å². The quantitative estimate of drug-likeness (QED) is 0.364. The van der Waals surface area contributed by atoms with E-state index >= 15 is 0 Å². The van der Waals surface area contributed by atoms with Gasteiger partial charge in [-0.2, -0.15) is 0 Å². The lowest BCUT2D eigenvalue weighted by Gasteiger charge is -2.26. The number of pyridine rings is 1. The van der Waals surface area contributed by atoms with Crippen LogP contribution < -0.4 is 11.1 Å². The Balaban J connectivity index is 1.26. The van der Waals surface area contributed by atoms with E-state index in [1.165, 1.54) is 6.08 Å². The van der Waals surface area contributed by atoms with Gasteiger partial charge in [-0.05, 0) is 65.2 Å². The van der Waals surface area contributed by atoms with Gasteiger partial charge in [-0.1, -0.05) is 23.7 Å². The highest BCUT2D eigenvalue weighted by Crippen LogP contribution is 2.33. The first-order valence-corrected chi connectivity index (χ1v) is 12.2. The average molecular weight is 517 g/mol. The summed E-state index contributed by atoms with van der Waals surface area (Å²) >= 11 is 6.52. The molecule has 2 aromatic heterocycles. The van der Waals surface area contributed by atoms with Crippen LogP contribution in [0.3, 0.4) is 0 Å². The van der Waals surface area contributed by atoms with Crippen molar-refractivity contribution in [3.05, 3.63) is 88.8 Å². The number of halogens is 1. The second-order valence-electron chi connectivity index (χ2n) is 8.64. The van der Waals surface area contributed by atoms with Crippen molar-refractivity contribution >= 4 is 46.3 Å². The van der Waals surface area contributed by atoms with Gasteiger partial charge in [0.05, 0.1) is 24.8 Å². The molecule has 0 bridgehead atoms. The zero-order valence-corrected chi connectivity index (χ0v) is 20.7. The molecule has 0 unspecified atom stereocenters. The van der Waals surface area contributed by atoms with Crippen molar-refractivity contribution in [2.75, 3.05) is 32.0 Å². The van der Waals surface area contributed by atoms with Gasteiger partial charge in [0.1, 0.15) is 11.6 Å². The minimum Gasteiger partial charge on any atom is -0.458 e. The molecule has 5 rings (SSSR count). The summed E-state index contributed by atoms with van der Waals surface area (Å²) in [4.78, 5) is 30.7. The molecule has 2 aromatic carbocycles. The van der Waals surface area contributed by atoms with Crippen molar-refractivity contribution in [1.29, 1.82) is 0 Å². The number of nitrogens with zero attached hydrogens (tertiary/aromatic N) is 2. The molecule has 0 spiro atoms. The fourth-order valence-electron chi connectivity index (χ4n) is 4.09. The van der Waals surface area contributed by atoms with Crippen LogP contribution in [-0.2, 0) is 16.1 Å². The summed E-state index contributed by atoms with van der Waals surface area (Å²) in [6.07, 6.45) is 4.67. The monoisotopic (exact) mass is 516 g/mol. The molecule has 0 atom stereocenters. The van der Waals surface area contributed by atoms with E-state index in [2.05, 4.69) is 10.3 Å². The average Bonchev–Trinajstić information content (AvgIpc) is 3.35. The molecule has 1 saturated heterocycles. The zero-order valence-electron chi connectivity index (χ0n) is 19.9. The van der Waals surface area contributed by atoms with Gasteiger partial charge in [0, 0.05) is 36.3 Å². The van der Waals surface area contributed by atoms with Crippen LogP contribution in [0.4, 0.5) is 5.82 Å². The van der Waals surface area contributed by atoms with Gasteiger partial charge in [0.15, 0.2) is 5.58 Å². The molecule has 1 aliphatic heterocycles. The maximum atomic E-state index is 12.7. The Morgan fingerprint density at radius 1 is 1.05 bits per heavy atom. The standard InChI is InChI=1S/C28H25ClN4O4/c29-24-15-21(19-3-5-20(6-4-19)28(35)33-9-11-36-12-10-33)13-22-14-23(37-27(22)24)17-32-26(34)8-2-18-1-7-25(30)31-16-18/h1-8,13-16H,9-12,17H2,(H2,30,31)(H,32,34)/b8-2+. The van der Waals surface area contributed by atoms with E-state index in [-0.39, 0.29) is 18.4 Å². The summed E-state index contributed by atoms with van der Waals surface area (Å²) in [5.74, 6) is 0.737. The Morgan fingerprint density at radius 3 is 2.57 bits per heavy atom. The minimum atomic E-state index is -0.268. The largest absolute Gasteiger partial charge is 0.458 e. The van der Waals surface area contributed by atoms with Gasteiger partial charge in [0.25, 0.3) is 5.91 Å². The number of aromatic nitrogens is 1. The fraction of sp³-hybridized carbons (Fsp3) is 0.179. The molecular weight excluding hydrogens is 492 g/mol. The van der Waals surface area contributed by atoms with E-state index in [0.717, 1.165) is 22.1 Å². The van der Waals surface area contributed by atoms with E-state index in [1.54, 1.807) is 29.3 Å². The first-order valence-electron chi connectivity index (χ1n) is 11.8. The number of carbonyl (C=O) groups excluding carboxylic acids is 2. The molecule has 1 aliphatic rings. The van der Waals surface area contributed by atoms with Gasteiger partial charge in [-0.3, -0.25) is 9.59 Å². The molecule has 3 heterocycles. The highest BCUT2D eigenvalue weighted by atomic mass is 35.5. The number of nitrogens with two attached hydrogens (primary N) is 1. The van der Waals surface area contributed by atoms with Crippen molar-refractivity contribution in [3.8, 4) is 11.1 Å². The molecule has 2 amide bonds. The van der Waals surface area contributed by atoms with Crippen molar-refractivity contribution in [2.45, 2.75) is 6.54 Å². The second-order valence-corrected chi connectivity index (χ2v) is 9.05. The molecule has 8 nitrogen and oxygen atoms in total. The predicted molar refractivity (Wildman–Crippen MR) is 143 cm³/mol. The number of nitrogens with one attached hydrogen (secondary N) is 1. The number of hydrogen-bond donors (Lipinski definition) is 2. The van der Waals surface area contributed by atoms with Gasteiger partial charge in [-0.25, -0.2) is 4.98 Å². The summed E-state index contributed by atoms with van der Waals surface area (Å²) in [6.45, 7) is 2.55. The number of ether oxygens (including phenoxy) is 1. The molecule has 1 fully saturated rings. The summed E-state index contributed by atoms with van der Waals surface area (Å²) in [5.41, 5.74) is 9.37. The van der Waals surface area contributed by atoms with E-state index in [9.17, 15) is 9.59 Å². The zero-order chi connectivity index (χ0) is 25.8. The molecule has 0 aliphatic carbocycles. The van der Waals surface area contributed by atoms with Crippen molar-refractivity contribution < 1.29 is 18.7 Å². The Morgan fingerprint density at radius 2 is 1.84 bits per heavy atom. The number of amides is 2. The minimum absolute atomic E-state index is 0.00448. The fourth-order valence-corrected chi connectivity index (χ4v) is 4.36. The normalized spacial score (nSPS) is 13.8. The first-order chi connectivity index (χ1) is 18.0. The number of morpholine rings is 1. The Hall–Kier alpha value is -4.14. The third kappa shape index (κ3) is 5.82. The molecule has 4 aromatic rings. The number of carbonyl (C=O) groups is 2. The van der Waals surface area contributed by atoms with Crippen LogP contribution in [0, 0.1) is 0 Å². The number of hydrogen-bond acceptors (Lipinski definition) is 6. The van der Waals surface area contributed by atoms with Crippen LogP contribution in [0.1, 0.15) is 21.7 Å². The lowest BCUT2D eigenvalue weighted by molar-refractivity contribution is -0.116. The first kappa shape index (κ1) is 24.5. The van der Waals surface area contributed by atoms with Gasteiger partial charge in [-0.15, -0.1) is 0 Å². The number of rotatable bonds is 6. The number of anilines is 1. The predicted octanol–water partition coefficient (Wildman–Crippen LogP) is 4.53. The molecule has 0 saturated carbocycles. The number of furan rings is 1. The SMILES string of the molecule is Nc1ccc(/C=C/C(=O)NCc2cc3cc(-c4ccc(C(=O)N5CCOCC5)cc4)cc(Cl)c3o2)cn1. The van der Waals surface area contributed by atoms with Crippen LogP contribution in [0.25, 0.3) is 28.2 Å². The summed E-state index contributed by atoms with van der Waals surface area (Å²) < 4.78 is 11.2. The molecule has 9 heteroatoms. The Bertz CT molecular complexity index is 1460. The summed E-state index contributed by atoms with van der Waals surface area (Å²) in [5, 5.41) is 4.09. The molecular formula is C28H25ClN4O4. The van der Waals surface area contributed by atoms with E-state index in [4.69, 9.17) is 26.5 Å². The van der Waals surface area contributed by atoms with E-state index in [0.29, 0.717) is 54.1 Å². The van der Waals surface area contributed by atoms with Gasteiger partial charge in [0.2, 0.25) is 5.91 Å². The van der Waals surface area contributed by atoms with Crippen molar-refractivity contribution in [2.24, 2.45) is 0 Å². The van der Waals surface area contributed by atoms with E-state index in [1.807, 2.05) is 42.5 Å². The third-order valence-electron chi connectivity index (χ3n) is 6.06. The van der Waals surface area contributed by atoms with Crippen LogP contribution >= 0.6 is 11.6 Å². The van der Waals surface area contributed by atoms with Gasteiger partial charge >= 0.3 is 0 Å². The molecule has 37 heavy (non-hydrogen) atoms. The van der Waals surface area contributed by atoms with Crippen molar-refractivity contribution in [1.82, 2.24) is 15.2 Å². The maximum Gasteiger partial charge on any atom is 0.254 e. The summed E-state index contributed by atoms with van der Waals surface area (Å²) in [6, 6.07) is 16.6. The van der Waals surface area contributed by atoms with Crippen molar-refractivity contribution in [3.63, 3.8) is 0 Å². The Kier molecular flexibility index (Phi) is 7.20. The van der Waals surface area contributed by atoms with Crippen LogP contribution in [-0.4, -0.2) is 48.0 Å². The van der Waals surface area contributed by atoms with Gasteiger partial charge < -0.3 is 25.1 Å². The number of fused-ring (bicyclic) bond motifs is 1. The molecule has 3 N–H and O–H groups in total. The second kappa shape index (κ2) is 10.9. The van der Waals surface area contributed by atoms with Crippen LogP contribution in [0.15, 0.2) is 71.3 Å². The molecule has 0 radical (unpaired) electrons. The molecule has 188 valence electrons.